The summed E-state index contributed by atoms with van der Waals surface area (Å²) in [5.74, 6) is 0.390. The first-order chi connectivity index (χ1) is 9.90. The van der Waals surface area contributed by atoms with Crippen LogP contribution >= 0.6 is 46.4 Å². The van der Waals surface area contributed by atoms with Gasteiger partial charge in [-0.05, 0) is 36.8 Å². The largest absolute Gasteiger partial charge is 0.504 e. The van der Waals surface area contributed by atoms with Crippen molar-refractivity contribution in [2.75, 3.05) is 12.0 Å². The summed E-state index contributed by atoms with van der Waals surface area (Å²) in [6.45, 7) is 1.79. The molecule has 0 aliphatic heterocycles. The van der Waals surface area contributed by atoms with Crippen LogP contribution in [0.25, 0.3) is 0 Å². The first kappa shape index (κ1) is 16.4. The van der Waals surface area contributed by atoms with E-state index in [9.17, 15) is 5.11 Å². The first-order valence-corrected chi connectivity index (χ1v) is 7.40. The number of phenolic OH excluding ortho intramolecular Hbond substituents is 1. The van der Waals surface area contributed by atoms with Crippen LogP contribution in [0.15, 0.2) is 24.3 Å². The van der Waals surface area contributed by atoms with Gasteiger partial charge in [-0.3, -0.25) is 0 Å². The van der Waals surface area contributed by atoms with Crippen molar-refractivity contribution in [1.82, 2.24) is 0 Å². The van der Waals surface area contributed by atoms with E-state index >= 15 is 0 Å². The highest BCUT2D eigenvalue weighted by molar-refractivity contribution is 6.37. The maximum Gasteiger partial charge on any atom is 0.159 e. The van der Waals surface area contributed by atoms with Crippen molar-refractivity contribution < 1.29 is 9.84 Å². The number of hydrogen-bond donors (Lipinski definition) is 2. The van der Waals surface area contributed by atoms with Crippen LogP contribution in [0, 0.1) is 6.92 Å². The van der Waals surface area contributed by atoms with Crippen LogP contribution in [0.2, 0.25) is 20.1 Å². The monoisotopic (exact) mass is 365 g/mol. The highest BCUT2D eigenvalue weighted by Gasteiger charge is 2.12. The molecule has 0 saturated heterocycles. The third kappa shape index (κ3) is 3.80. The van der Waals surface area contributed by atoms with Gasteiger partial charge in [-0.1, -0.05) is 46.4 Å². The molecule has 2 aromatic carbocycles. The molecule has 0 radical (unpaired) electrons. The van der Waals surface area contributed by atoms with Crippen molar-refractivity contribution in [1.29, 1.82) is 0 Å². The maximum atomic E-state index is 9.94. The van der Waals surface area contributed by atoms with Gasteiger partial charge in [-0.25, -0.2) is 0 Å². The van der Waals surface area contributed by atoms with Gasteiger partial charge in [-0.15, -0.1) is 0 Å². The third-order valence-electron chi connectivity index (χ3n) is 2.81. The summed E-state index contributed by atoms with van der Waals surface area (Å²) in [6.07, 6.45) is 0. The predicted molar refractivity (Wildman–Crippen MR) is 88.4 cm³/mol. The van der Waals surface area contributed by atoms with Gasteiger partial charge in [0.05, 0.1) is 15.7 Å². The molecule has 0 aromatic heterocycles. The van der Waals surface area contributed by atoms with E-state index in [0.717, 1.165) is 0 Å². The van der Waals surface area contributed by atoms with Gasteiger partial charge in [0.1, 0.15) is 5.75 Å². The van der Waals surface area contributed by atoms with Crippen LogP contribution in [0.3, 0.4) is 0 Å². The van der Waals surface area contributed by atoms with Gasteiger partial charge in [0.2, 0.25) is 0 Å². The number of aromatic hydroxyl groups is 1. The fourth-order valence-electron chi connectivity index (χ4n) is 1.62. The molecule has 0 bridgehead atoms. The summed E-state index contributed by atoms with van der Waals surface area (Å²) in [7, 11) is 0. The molecular formula is C14H11Cl4NO2. The zero-order valence-corrected chi connectivity index (χ0v) is 13.9. The standard InChI is InChI=1S/C14H11Cl4NO2/c1-7-9(16)5-11(14(20)13(7)18)19-6-21-12-3-2-8(15)4-10(12)17/h2-5,19-20H,6H2,1H3. The van der Waals surface area contributed by atoms with Crippen LogP contribution in [0.5, 0.6) is 11.5 Å². The number of rotatable bonds is 4. The molecule has 2 N–H and O–H groups in total. The fourth-order valence-corrected chi connectivity index (χ4v) is 2.54. The second kappa shape index (κ2) is 6.84. The highest BCUT2D eigenvalue weighted by Crippen LogP contribution is 2.38. The molecule has 7 heteroatoms. The van der Waals surface area contributed by atoms with Crippen molar-refractivity contribution in [3.8, 4) is 11.5 Å². The number of anilines is 1. The van der Waals surface area contributed by atoms with Crippen molar-refractivity contribution in [3.05, 3.63) is 49.9 Å². The molecule has 21 heavy (non-hydrogen) atoms. The van der Waals surface area contributed by atoms with E-state index in [1.165, 1.54) is 0 Å². The predicted octanol–water partition coefficient (Wildman–Crippen LogP) is 5.76. The zero-order valence-electron chi connectivity index (χ0n) is 10.9. The average molecular weight is 367 g/mol. The Labute approximate surface area is 142 Å². The topological polar surface area (TPSA) is 41.5 Å². The summed E-state index contributed by atoms with van der Waals surface area (Å²) in [5, 5.41) is 14.4. The molecule has 0 unspecified atom stereocenters. The molecule has 2 aromatic rings. The van der Waals surface area contributed by atoms with Crippen LogP contribution in [0.4, 0.5) is 5.69 Å². The lowest BCUT2D eigenvalue weighted by Crippen LogP contribution is -2.09. The lowest BCUT2D eigenvalue weighted by atomic mass is 10.2. The summed E-state index contributed by atoms with van der Waals surface area (Å²) < 4.78 is 5.46. The van der Waals surface area contributed by atoms with Crippen LogP contribution in [0.1, 0.15) is 5.56 Å². The fraction of sp³-hybridized carbons (Fsp3) is 0.143. The molecular weight excluding hydrogens is 356 g/mol. The molecule has 0 aliphatic carbocycles. The van der Waals surface area contributed by atoms with E-state index in [-0.39, 0.29) is 17.5 Å². The number of ether oxygens (including phenoxy) is 1. The number of halogens is 4. The van der Waals surface area contributed by atoms with Crippen molar-refractivity contribution >= 4 is 52.1 Å². The Bertz CT molecular complexity index is 677. The van der Waals surface area contributed by atoms with E-state index in [4.69, 9.17) is 51.1 Å². The Morgan fingerprint density at radius 2 is 1.81 bits per heavy atom. The number of nitrogens with one attached hydrogen (secondary N) is 1. The normalized spacial score (nSPS) is 10.5. The molecule has 0 fully saturated rings. The van der Waals surface area contributed by atoms with Gasteiger partial charge < -0.3 is 15.2 Å². The van der Waals surface area contributed by atoms with Crippen LogP contribution < -0.4 is 10.1 Å². The molecule has 2 rings (SSSR count). The van der Waals surface area contributed by atoms with Crippen molar-refractivity contribution in [2.45, 2.75) is 6.92 Å². The number of phenols is 1. The molecule has 112 valence electrons. The minimum atomic E-state index is -0.0793. The minimum Gasteiger partial charge on any atom is -0.504 e. The second-order valence-corrected chi connectivity index (χ2v) is 5.86. The molecule has 0 aliphatic rings. The molecule has 0 saturated carbocycles. The average Bonchev–Trinajstić information content (AvgIpc) is 2.44. The number of hydrogen-bond acceptors (Lipinski definition) is 3. The molecule has 0 heterocycles. The van der Waals surface area contributed by atoms with E-state index < -0.39 is 0 Å². The highest BCUT2D eigenvalue weighted by atomic mass is 35.5. The Morgan fingerprint density at radius 3 is 2.48 bits per heavy atom. The minimum absolute atomic E-state index is 0.0740. The molecule has 0 amide bonds. The summed E-state index contributed by atoms with van der Waals surface area (Å²) >= 11 is 23.8. The van der Waals surface area contributed by atoms with Crippen LogP contribution in [-0.4, -0.2) is 11.8 Å². The summed E-state index contributed by atoms with van der Waals surface area (Å²) in [5.41, 5.74) is 0.990. The maximum absolute atomic E-state index is 9.94. The Balaban J connectivity index is 2.07. The van der Waals surface area contributed by atoms with E-state index in [1.54, 1.807) is 31.2 Å². The van der Waals surface area contributed by atoms with Crippen LogP contribution in [-0.2, 0) is 0 Å². The van der Waals surface area contributed by atoms with Gasteiger partial charge in [0.15, 0.2) is 12.5 Å². The second-order valence-electron chi connectivity index (χ2n) is 4.23. The van der Waals surface area contributed by atoms with Gasteiger partial charge in [0, 0.05) is 10.0 Å². The molecule has 0 spiro atoms. The molecule has 3 nitrogen and oxygen atoms in total. The Morgan fingerprint density at radius 1 is 1.10 bits per heavy atom. The summed E-state index contributed by atoms with van der Waals surface area (Å²) in [6, 6.07) is 6.47. The lowest BCUT2D eigenvalue weighted by Gasteiger charge is -2.14. The van der Waals surface area contributed by atoms with E-state index in [0.29, 0.717) is 32.1 Å². The smallest absolute Gasteiger partial charge is 0.159 e. The van der Waals surface area contributed by atoms with E-state index in [1.807, 2.05) is 0 Å². The summed E-state index contributed by atoms with van der Waals surface area (Å²) in [4.78, 5) is 0. The van der Waals surface area contributed by atoms with Gasteiger partial charge in [0.25, 0.3) is 0 Å². The third-order valence-corrected chi connectivity index (χ3v) is 4.19. The number of benzene rings is 2. The zero-order chi connectivity index (χ0) is 15.6. The SMILES string of the molecule is Cc1c(Cl)cc(NCOc2ccc(Cl)cc2Cl)c(O)c1Cl. The lowest BCUT2D eigenvalue weighted by molar-refractivity contribution is 0.346. The van der Waals surface area contributed by atoms with Gasteiger partial charge in [-0.2, -0.15) is 0 Å². The quantitative estimate of drug-likeness (QED) is 0.533. The van der Waals surface area contributed by atoms with Crippen molar-refractivity contribution in [3.63, 3.8) is 0 Å². The van der Waals surface area contributed by atoms with E-state index in [2.05, 4.69) is 5.32 Å². The Hall–Kier alpha value is -1.00. The molecule has 0 atom stereocenters. The first-order valence-electron chi connectivity index (χ1n) is 5.89. The Kier molecular flexibility index (Phi) is 5.33. The van der Waals surface area contributed by atoms with Gasteiger partial charge >= 0.3 is 0 Å². The van der Waals surface area contributed by atoms with Crippen molar-refractivity contribution in [2.24, 2.45) is 0 Å².